The number of hydrogen-bond acceptors (Lipinski definition) is 4. The summed E-state index contributed by atoms with van der Waals surface area (Å²) in [5.41, 5.74) is 7.52. The topological polar surface area (TPSA) is 72.6 Å². The lowest BCUT2D eigenvalue weighted by molar-refractivity contribution is 0.0970. The molecule has 1 heterocycles. The van der Waals surface area contributed by atoms with Crippen LogP contribution in [-0.4, -0.2) is 37.2 Å². The number of benzene rings is 1. The van der Waals surface area contributed by atoms with Crippen molar-refractivity contribution in [3.63, 3.8) is 0 Å². The van der Waals surface area contributed by atoms with Gasteiger partial charge in [-0.3, -0.25) is 0 Å². The molecule has 5 nitrogen and oxygen atoms in total. The second-order valence-electron chi connectivity index (χ2n) is 5.83. The van der Waals surface area contributed by atoms with Crippen molar-refractivity contribution in [2.75, 3.05) is 18.9 Å². The summed E-state index contributed by atoms with van der Waals surface area (Å²) in [5.74, 6) is 0. The van der Waals surface area contributed by atoms with Gasteiger partial charge < -0.3 is 10.5 Å². The van der Waals surface area contributed by atoms with E-state index in [2.05, 4.69) is 0 Å². The molecule has 1 aliphatic heterocycles. The van der Waals surface area contributed by atoms with Crippen LogP contribution in [0.1, 0.15) is 31.2 Å². The normalized spacial score (nSPS) is 20.8. The zero-order valence-corrected chi connectivity index (χ0v) is 12.9. The van der Waals surface area contributed by atoms with Crippen LogP contribution in [0.4, 0.5) is 5.69 Å². The van der Waals surface area contributed by atoms with Crippen LogP contribution < -0.4 is 5.73 Å². The van der Waals surface area contributed by atoms with Crippen molar-refractivity contribution in [2.45, 2.75) is 43.5 Å². The predicted molar refractivity (Wildman–Crippen MR) is 82.2 cm³/mol. The van der Waals surface area contributed by atoms with E-state index >= 15 is 0 Å². The van der Waals surface area contributed by atoms with Gasteiger partial charge in [-0.1, -0.05) is 18.2 Å². The lowest BCUT2D eigenvalue weighted by atomic mass is 10.2. The van der Waals surface area contributed by atoms with Crippen LogP contribution in [0, 0.1) is 0 Å². The Kier molecular flexibility index (Phi) is 4.19. The second kappa shape index (κ2) is 5.94. The maximum atomic E-state index is 12.9. The minimum absolute atomic E-state index is 0.150. The molecule has 0 atom stereocenters. The molecule has 3 rings (SSSR count). The lowest BCUT2D eigenvalue weighted by Gasteiger charge is -2.30. The molecule has 6 heteroatoms. The molecule has 21 heavy (non-hydrogen) atoms. The standard InChI is InChI=1S/C15H22N2O3S/c16-15-4-2-1-3-12(15)11-17(13-5-6-13)21(18,19)14-7-9-20-10-8-14/h1-4,13-14H,5-11,16H2. The summed E-state index contributed by atoms with van der Waals surface area (Å²) in [6.07, 6.45) is 3.09. The van der Waals surface area contributed by atoms with Gasteiger partial charge in [-0.05, 0) is 37.3 Å². The van der Waals surface area contributed by atoms with Gasteiger partial charge in [-0.25, -0.2) is 8.42 Å². The summed E-state index contributed by atoms with van der Waals surface area (Å²) in [7, 11) is -3.28. The van der Waals surface area contributed by atoms with Crippen molar-refractivity contribution in [2.24, 2.45) is 0 Å². The van der Waals surface area contributed by atoms with Crippen LogP contribution in [0.15, 0.2) is 24.3 Å². The first-order valence-corrected chi connectivity index (χ1v) is 9.01. The van der Waals surface area contributed by atoms with Crippen LogP contribution in [0.5, 0.6) is 0 Å². The van der Waals surface area contributed by atoms with Crippen LogP contribution in [0.3, 0.4) is 0 Å². The highest BCUT2D eigenvalue weighted by Crippen LogP contribution is 2.34. The van der Waals surface area contributed by atoms with E-state index in [9.17, 15) is 8.42 Å². The van der Waals surface area contributed by atoms with E-state index in [1.54, 1.807) is 4.31 Å². The number of rotatable bonds is 5. The summed E-state index contributed by atoms with van der Waals surface area (Å²) in [5, 5.41) is -0.309. The van der Waals surface area contributed by atoms with Crippen LogP contribution in [-0.2, 0) is 21.3 Å². The van der Waals surface area contributed by atoms with Gasteiger partial charge in [0.1, 0.15) is 0 Å². The number of nitrogens with zero attached hydrogens (tertiary/aromatic N) is 1. The fourth-order valence-electron chi connectivity index (χ4n) is 2.80. The number of nitrogens with two attached hydrogens (primary N) is 1. The molecule has 1 aliphatic carbocycles. The van der Waals surface area contributed by atoms with Gasteiger partial charge in [0.05, 0.1) is 5.25 Å². The Morgan fingerprint density at radius 1 is 1.14 bits per heavy atom. The van der Waals surface area contributed by atoms with E-state index in [-0.39, 0.29) is 11.3 Å². The molecule has 2 aliphatic rings. The van der Waals surface area contributed by atoms with E-state index in [1.165, 1.54) is 0 Å². The molecule has 1 aromatic carbocycles. The van der Waals surface area contributed by atoms with E-state index in [4.69, 9.17) is 10.5 Å². The Balaban J connectivity index is 1.82. The lowest BCUT2D eigenvalue weighted by Crippen LogP contribution is -2.42. The van der Waals surface area contributed by atoms with Gasteiger partial charge in [0.25, 0.3) is 0 Å². The van der Waals surface area contributed by atoms with Gasteiger partial charge in [0.2, 0.25) is 10.0 Å². The molecule has 116 valence electrons. The molecule has 0 spiro atoms. The molecule has 0 aromatic heterocycles. The largest absolute Gasteiger partial charge is 0.398 e. The summed E-state index contributed by atoms with van der Waals surface area (Å²) < 4.78 is 32.8. The molecule has 0 unspecified atom stereocenters. The van der Waals surface area contributed by atoms with Crippen LogP contribution in [0.2, 0.25) is 0 Å². The molecule has 2 N–H and O–H groups in total. The molecule has 0 bridgehead atoms. The first kappa shape index (κ1) is 14.8. The Hall–Kier alpha value is -1.11. The average Bonchev–Trinajstić information content (AvgIpc) is 3.31. The number of sulfonamides is 1. The van der Waals surface area contributed by atoms with Crippen molar-refractivity contribution in [3.8, 4) is 0 Å². The van der Waals surface area contributed by atoms with E-state index in [1.807, 2.05) is 24.3 Å². The summed E-state index contributed by atoms with van der Waals surface area (Å²) in [6, 6.07) is 7.65. The number of hydrogen-bond donors (Lipinski definition) is 1. The van der Waals surface area contributed by atoms with E-state index in [0.717, 1.165) is 18.4 Å². The van der Waals surface area contributed by atoms with Crippen LogP contribution in [0.25, 0.3) is 0 Å². The fraction of sp³-hybridized carbons (Fsp3) is 0.600. The summed E-state index contributed by atoms with van der Waals surface area (Å²) in [4.78, 5) is 0. The zero-order chi connectivity index (χ0) is 14.9. The van der Waals surface area contributed by atoms with Crippen LogP contribution >= 0.6 is 0 Å². The Labute approximate surface area is 126 Å². The fourth-order valence-corrected chi connectivity index (χ4v) is 4.92. The highest BCUT2D eigenvalue weighted by atomic mass is 32.2. The van der Waals surface area contributed by atoms with Crippen molar-refractivity contribution >= 4 is 15.7 Å². The molecule has 1 saturated carbocycles. The molecular weight excluding hydrogens is 288 g/mol. The van der Waals surface area contributed by atoms with E-state index in [0.29, 0.717) is 38.3 Å². The quantitative estimate of drug-likeness (QED) is 0.841. The Bertz CT molecular complexity index is 593. The molecule has 0 radical (unpaired) electrons. The summed E-state index contributed by atoms with van der Waals surface area (Å²) >= 11 is 0. The number of nitrogen functional groups attached to an aromatic ring is 1. The van der Waals surface area contributed by atoms with Gasteiger partial charge in [0.15, 0.2) is 0 Å². The summed E-state index contributed by atoms with van der Waals surface area (Å²) in [6.45, 7) is 1.46. The minimum Gasteiger partial charge on any atom is -0.398 e. The minimum atomic E-state index is -3.28. The first-order valence-electron chi connectivity index (χ1n) is 7.51. The number of anilines is 1. The third-order valence-electron chi connectivity index (χ3n) is 4.25. The van der Waals surface area contributed by atoms with Crippen molar-refractivity contribution in [1.82, 2.24) is 4.31 Å². The number of para-hydroxylation sites is 1. The average molecular weight is 310 g/mol. The van der Waals surface area contributed by atoms with E-state index < -0.39 is 10.0 Å². The molecule has 1 saturated heterocycles. The third kappa shape index (κ3) is 3.22. The molecule has 0 amide bonds. The molecule has 2 fully saturated rings. The highest BCUT2D eigenvalue weighted by molar-refractivity contribution is 7.89. The Morgan fingerprint density at radius 2 is 1.81 bits per heavy atom. The third-order valence-corrected chi connectivity index (χ3v) is 6.65. The molecular formula is C15H22N2O3S. The highest BCUT2D eigenvalue weighted by Gasteiger charge is 2.41. The maximum absolute atomic E-state index is 12.9. The van der Waals surface area contributed by atoms with Gasteiger partial charge in [-0.2, -0.15) is 4.31 Å². The zero-order valence-electron chi connectivity index (χ0n) is 12.1. The molecule has 1 aromatic rings. The van der Waals surface area contributed by atoms with Gasteiger partial charge in [0, 0.05) is 31.5 Å². The predicted octanol–water partition coefficient (Wildman–Crippen LogP) is 1.74. The monoisotopic (exact) mass is 310 g/mol. The van der Waals surface area contributed by atoms with Crippen molar-refractivity contribution < 1.29 is 13.2 Å². The van der Waals surface area contributed by atoms with Crippen molar-refractivity contribution in [3.05, 3.63) is 29.8 Å². The first-order chi connectivity index (χ1) is 10.1. The van der Waals surface area contributed by atoms with Gasteiger partial charge in [-0.15, -0.1) is 0 Å². The van der Waals surface area contributed by atoms with Gasteiger partial charge >= 0.3 is 0 Å². The SMILES string of the molecule is Nc1ccccc1CN(C1CC1)S(=O)(=O)C1CCOCC1. The smallest absolute Gasteiger partial charge is 0.217 e. The maximum Gasteiger partial charge on any atom is 0.217 e. The second-order valence-corrected chi connectivity index (χ2v) is 8.00. The Morgan fingerprint density at radius 3 is 2.43 bits per heavy atom. The number of ether oxygens (including phenoxy) is 1. The van der Waals surface area contributed by atoms with Crippen molar-refractivity contribution in [1.29, 1.82) is 0 Å².